The number of halogens is 1. The lowest BCUT2D eigenvalue weighted by atomic mass is 9.70. The zero-order chi connectivity index (χ0) is 15.9. The van der Waals surface area contributed by atoms with E-state index >= 15 is 0 Å². The number of phenols is 1. The van der Waals surface area contributed by atoms with Crippen molar-refractivity contribution in [3.8, 4) is 5.75 Å². The van der Waals surface area contributed by atoms with Crippen LogP contribution in [0.4, 0.5) is 5.69 Å². The lowest BCUT2D eigenvalue weighted by molar-refractivity contribution is -0.110. The van der Waals surface area contributed by atoms with Gasteiger partial charge in [-0.05, 0) is 57.9 Å². The second-order valence-electron chi connectivity index (χ2n) is 5.04. The van der Waals surface area contributed by atoms with Crippen LogP contribution in [0, 0.1) is 3.57 Å². The van der Waals surface area contributed by atoms with Crippen LogP contribution in [0.1, 0.15) is 11.1 Å². The fourth-order valence-corrected chi connectivity index (χ4v) is 2.97. The van der Waals surface area contributed by atoms with Crippen LogP contribution in [0.25, 0.3) is 11.6 Å². The van der Waals surface area contributed by atoms with Crippen LogP contribution < -0.4 is 16.2 Å². The summed E-state index contributed by atoms with van der Waals surface area (Å²) in [4.78, 5) is 12.2. The van der Waals surface area contributed by atoms with Crippen molar-refractivity contribution < 1.29 is 9.90 Å². The second-order valence-corrected chi connectivity index (χ2v) is 6.28. The molecule has 1 aliphatic heterocycles. The van der Waals surface area contributed by atoms with Crippen LogP contribution in [0.3, 0.4) is 0 Å². The van der Waals surface area contributed by atoms with E-state index in [-0.39, 0.29) is 11.7 Å². The van der Waals surface area contributed by atoms with E-state index in [0.29, 0.717) is 16.5 Å². The zero-order valence-electron chi connectivity index (χ0n) is 11.9. The Bertz CT molecular complexity index is 818. The van der Waals surface area contributed by atoms with Gasteiger partial charge in [-0.15, -0.1) is 0 Å². The minimum Gasteiger partial charge on any atom is -0.509 e. The first kappa shape index (κ1) is 15.2. The third-order valence-corrected chi connectivity index (χ3v) is 4.25. The van der Waals surface area contributed by atoms with Gasteiger partial charge >= 0.3 is 0 Å². The Kier molecular flexibility index (Phi) is 4.04. The number of benzene rings is 2. The van der Waals surface area contributed by atoms with Gasteiger partial charge in [-0.3, -0.25) is 4.79 Å². The SMILES string of the molecule is [B]c1cc(C=C2C(=O)Nc3ccc(I)cc32)cc([B]C)c1O. The predicted octanol–water partition coefficient (Wildman–Crippen LogP) is 1.66. The molecule has 0 spiro atoms. The first-order chi connectivity index (χ1) is 10.5. The zero-order valence-corrected chi connectivity index (χ0v) is 14.0. The Balaban J connectivity index is 2.12. The molecule has 1 aliphatic rings. The molecule has 22 heavy (non-hydrogen) atoms. The van der Waals surface area contributed by atoms with Gasteiger partial charge in [0.15, 0.2) is 7.28 Å². The molecule has 6 heteroatoms. The Morgan fingerprint density at radius 1 is 1.32 bits per heavy atom. The molecule has 0 atom stereocenters. The van der Waals surface area contributed by atoms with Crippen LogP contribution in [0.5, 0.6) is 5.75 Å². The van der Waals surface area contributed by atoms with Crippen LogP contribution in [-0.4, -0.2) is 26.1 Å². The van der Waals surface area contributed by atoms with Gasteiger partial charge in [-0.2, -0.15) is 0 Å². The number of carbonyl (C=O) groups excluding carboxylic acids is 1. The molecule has 3 rings (SSSR count). The molecule has 2 aromatic carbocycles. The number of amides is 1. The summed E-state index contributed by atoms with van der Waals surface area (Å²) in [7, 11) is 7.60. The maximum atomic E-state index is 12.2. The highest BCUT2D eigenvalue weighted by Gasteiger charge is 2.24. The molecule has 2 aromatic rings. The summed E-state index contributed by atoms with van der Waals surface area (Å²) >= 11 is 2.22. The van der Waals surface area contributed by atoms with Gasteiger partial charge < -0.3 is 10.4 Å². The molecule has 2 N–H and O–H groups in total. The van der Waals surface area contributed by atoms with Crippen molar-refractivity contribution in [2.45, 2.75) is 6.82 Å². The average Bonchev–Trinajstić information content (AvgIpc) is 2.78. The molecular formula is C16H11B2INO2. The molecule has 105 valence electrons. The third-order valence-electron chi connectivity index (χ3n) is 3.58. The molecule has 0 saturated carbocycles. The summed E-state index contributed by atoms with van der Waals surface area (Å²) in [5.74, 6) is -0.0684. The van der Waals surface area contributed by atoms with E-state index < -0.39 is 0 Å². The van der Waals surface area contributed by atoms with E-state index in [1.807, 2.05) is 25.0 Å². The van der Waals surface area contributed by atoms with Crippen molar-refractivity contribution in [3.63, 3.8) is 0 Å². The fraction of sp³-hybridized carbons (Fsp3) is 0.0625. The van der Waals surface area contributed by atoms with E-state index in [4.69, 9.17) is 7.85 Å². The van der Waals surface area contributed by atoms with E-state index in [1.165, 1.54) is 0 Å². The Morgan fingerprint density at radius 2 is 2.09 bits per heavy atom. The maximum absolute atomic E-state index is 12.2. The van der Waals surface area contributed by atoms with E-state index in [9.17, 15) is 9.90 Å². The molecular weight excluding hydrogens is 387 g/mol. The van der Waals surface area contributed by atoms with E-state index in [1.54, 1.807) is 25.5 Å². The molecule has 0 fully saturated rings. The Labute approximate surface area is 144 Å². The largest absolute Gasteiger partial charge is 0.509 e. The van der Waals surface area contributed by atoms with Crippen LogP contribution >= 0.6 is 22.6 Å². The summed E-state index contributed by atoms with van der Waals surface area (Å²) in [5.41, 5.74) is 4.01. The highest BCUT2D eigenvalue weighted by molar-refractivity contribution is 14.1. The molecule has 1 amide bonds. The number of phenolic OH excluding ortho intramolecular Hbond substituents is 1. The van der Waals surface area contributed by atoms with E-state index in [0.717, 1.165) is 20.4 Å². The predicted molar refractivity (Wildman–Crippen MR) is 100 cm³/mol. The topological polar surface area (TPSA) is 49.3 Å². The number of fused-ring (bicyclic) bond motifs is 1. The summed E-state index contributed by atoms with van der Waals surface area (Å²) < 4.78 is 1.06. The fourth-order valence-electron chi connectivity index (χ4n) is 2.48. The summed E-state index contributed by atoms with van der Waals surface area (Å²) in [6.07, 6.45) is 1.79. The van der Waals surface area contributed by atoms with Gasteiger partial charge in [0.1, 0.15) is 13.6 Å². The molecule has 0 saturated heterocycles. The van der Waals surface area contributed by atoms with Crippen LogP contribution in [0.2, 0.25) is 6.82 Å². The highest BCUT2D eigenvalue weighted by Crippen LogP contribution is 2.34. The molecule has 0 aromatic heterocycles. The van der Waals surface area contributed by atoms with Crippen molar-refractivity contribution >= 4 is 71.9 Å². The molecule has 3 nitrogen and oxygen atoms in total. The summed E-state index contributed by atoms with van der Waals surface area (Å²) in [6, 6.07) is 9.28. The first-order valence-corrected chi connectivity index (χ1v) is 7.82. The lowest BCUT2D eigenvalue weighted by Gasteiger charge is -2.08. The Hall–Kier alpha value is -1.69. The highest BCUT2D eigenvalue weighted by atomic mass is 127. The molecule has 0 bridgehead atoms. The first-order valence-electron chi connectivity index (χ1n) is 6.74. The lowest BCUT2D eigenvalue weighted by Crippen LogP contribution is -2.20. The number of carbonyl (C=O) groups is 1. The van der Waals surface area contributed by atoms with E-state index in [2.05, 4.69) is 27.9 Å². The molecule has 0 unspecified atom stereocenters. The standard InChI is InChI=1S/C16H11B2INO2/c1-18-13-6-8(5-12(17)15(13)21)4-11-10-7-9(19)2-3-14(10)20-16(11)22/h2-7,21H,1H3,(H,20,22). The van der Waals surface area contributed by atoms with Crippen molar-refractivity contribution in [2.75, 3.05) is 5.32 Å². The van der Waals surface area contributed by atoms with Gasteiger partial charge in [0.25, 0.3) is 5.91 Å². The monoisotopic (exact) mass is 398 g/mol. The minimum atomic E-state index is -0.134. The number of anilines is 1. The van der Waals surface area contributed by atoms with Crippen LogP contribution in [-0.2, 0) is 4.79 Å². The molecule has 3 radical (unpaired) electrons. The van der Waals surface area contributed by atoms with Gasteiger partial charge in [-0.25, -0.2) is 0 Å². The number of hydrogen-bond donors (Lipinski definition) is 2. The average molecular weight is 398 g/mol. The third kappa shape index (κ3) is 2.67. The smallest absolute Gasteiger partial charge is 0.256 e. The van der Waals surface area contributed by atoms with Gasteiger partial charge in [0, 0.05) is 20.4 Å². The van der Waals surface area contributed by atoms with Gasteiger partial charge in [0.2, 0.25) is 0 Å². The van der Waals surface area contributed by atoms with Gasteiger partial charge in [-0.1, -0.05) is 24.4 Å². The van der Waals surface area contributed by atoms with Crippen LogP contribution in [0.15, 0.2) is 30.3 Å². The quantitative estimate of drug-likeness (QED) is 0.460. The van der Waals surface area contributed by atoms with Crippen molar-refractivity contribution in [1.82, 2.24) is 0 Å². The number of nitrogens with one attached hydrogen (secondary N) is 1. The minimum absolute atomic E-state index is 0.0653. The van der Waals surface area contributed by atoms with Crippen molar-refractivity contribution in [3.05, 3.63) is 45.0 Å². The molecule has 1 heterocycles. The second kappa shape index (κ2) is 5.83. The normalized spacial score (nSPS) is 14.8. The van der Waals surface area contributed by atoms with Crippen molar-refractivity contribution in [1.29, 1.82) is 0 Å². The maximum Gasteiger partial charge on any atom is 0.256 e. The van der Waals surface area contributed by atoms with Gasteiger partial charge in [0.05, 0.1) is 0 Å². The number of hydrogen-bond acceptors (Lipinski definition) is 2. The summed E-state index contributed by atoms with van der Waals surface area (Å²) in [6.45, 7) is 1.82. The van der Waals surface area contributed by atoms with Crippen molar-refractivity contribution in [2.24, 2.45) is 0 Å². The Morgan fingerprint density at radius 3 is 2.82 bits per heavy atom. The summed E-state index contributed by atoms with van der Waals surface area (Å²) in [5, 5.41) is 12.7. The number of aromatic hydroxyl groups is 1. The number of rotatable bonds is 2. The molecule has 0 aliphatic carbocycles.